The predicted molar refractivity (Wildman–Crippen MR) is 59.2 cm³/mol. The van der Waals surface area contributed by atoms with Gasteiger partial charge in [-0.3, -0.25) is 0 Å². The molecule has 1 aromatic heterocycles. The van der Waals surface area contributed by atoms with Gasteiger partial charge in [-0.15, -0.1) is 34.9 Å². The van der Waals surface area contributed by atoms with Crippen LogP contribution in [-0.2, 0) is 4.74 Å². The molecule has 0 unspecified atom stereocenters. The van der Waals surface area contributed by atoms with Crippen LogP contribution < -0.4 is 0 Å². The summed E-state index contributed by atoms with van der Waals surface area (Å²) in [7, 11) is 1.41. The summed E-state index contributed by atoms with van der Waals surface area (Å²) in [5.74, 6) is -0.249. The van der Waals surface area contributed by atoms with E-state index < -0.39 is 0 Å². The summed E-state index contributed by atoms with van der Waals surface area (Å²) in [5, 5.41) is 0. The molecule has 1 heterocycles. The van der Waals surface area contributed by atoms with E-state index in [4.69, 9.17) is 0 Å². The second-order valence-electron chi connectivity index (χ2n) is 2.17. The highest BCUT2D eigenvalue weighted by Gasteiger charge is 2.15. The van der Waals surface area contributed by atoms with Gasteiger partial charge < -0.3 is 4.74 Å². The molecule has 0 spiro atoms. The normalized spacial score (nSPS) is 10.1. The Morgan fingerprint density at radius 3 is 2.62 bits per heavy atom. The molecule has 0 aliphatic rings. The first-order valence-electron chi connectivity index (χ1n) is 3.53. The fourth-order valence-electron chi connectivity index (χ4n) is 0.857. The minimum atomic E-state index is -0.249. The van der Waals surface area contributed by atoms with Crippen molar-refractivity contribution in [3.05, 3.63) is 11.6 Å². The van der Waals surface area contributed by atoms with Gasteiger partial charge in [0.25, 0.3) is 0 Å². The van der Waals surface area contributed by atoms with Gasteiger partial charge in [0.1, 0.15) is 0 Å². The van der Waals surface area contributed by atoms with Gasteiger partial charge in [-0.05, 0) is 18.6 Å². The van der Waals surface area contributed by atoms with Crippen LogP contribution in [-0.4, -0.2) is 25.6 Å². The molecular formula is C8H10O2S3. The summed E-state index contributed by atoms with van der Waals surface area (Å²) in [6.45, 7) is 0. The summed E-state index contributed by atoms with van der Waals surface area (Å²) < 4.78 is 6.85. The molecule has 0 aliphatic carbocycles. The number of carbonyl (C=O) groups excluding carboxylic acids is 1. The van der Waals surface area contributed by atoms with E-state index in [1.807, 2.05) is 18.6 Å². The van der Waals surface area contributed by atoms with Crippen molar-refractivity contribution in [1.82, 2.24) is 0 Å². The topological polar surface area (TPSA) is 26.3 Å². The lowest BCUT2D eigenvalue weighted by Crippen LogP contribution is -1.99. The van der Waals surface area contributed by atoms with Crippen molar-refractivity contribution >= 4 is 40.8 Å². The first kappa shape index (κ1) is 10.9. The predicted octanol–water partition coefficient (Wildman–Crippen LogP) is 2.98. The molecule has 0 saturated heterocycles. The summed E-state index contributed by atoms with van der Waals surface area (Å²) >= 11 is 4.85. The number of ether oxygens (including phenoxy) is 1. The first-order chi connectivity index (χ1) is 6.22. The number of rotatable bonds is 3. The third-order valence-corrected chi connectivity index (χ3v) is 4.80. The van der Waals surface area contributed by atoms with E-state index in [0.717, 1.165) is 8.42 Å². The molecular weight excluding hydrogens is 224 g/mol. The van der Waals surface area contributed by atoms with Crippen molar-refractivity contribution < 1.29 is 9.53 Å². The minimum absolute atomic E-state index is 0.249. The zero-order chi connectivity index (χ0) is 9.84. The minimum Gasteiger partial charge on any atom is -0.465 e. The molecule has 0 radical (unpaired) electrons. The number of thioether (sulfide) groups is 2. The van der Waals surface area contributed by atoms with Gasteiger partial charge >= 0.3 is 5.97 Å². The Balaban J connectivity index is 3.03. The number of carbonyl (C=O) groups is 1. The van der Waals surface area contributed by atoms with Crippen LogP contribution in [0.2, 0.25) is 0 Å². The largest absolute Gasteiger partial charge is 0.465 e. The maximum atomic E-state index is 11.3. The van der Waals surface area contributed by atoms with E-state index in [1.54, 1.807) is 34.9 Å². The molecule has 0 amide bonds. The third-order valence-electron chi connectivity index (χ3n) is 1.47. The van der Waals surface area contributed by atoms with Crippen LogP contribution in [0.5, 0.6) is 0 Å². The van der Waals surface area contributed by atoms with E-state index in [9.17, 15) is 4.79 Å². The number of methoxy groups -OCH3 is 1. The Morgan fingerprint density at radius 1 is 1.46 bits per heavy atom. The lowest BCUT2D eigenvalue weighted by Gasteiger charge is -1.96. The lowest BCUT2D eigenvalue weighted by atomic mass is 10.3. The molecule has 13 heavy (non-hydrogen) atoms. The fourth-order valence-corrected chi connectivity index (χ4v) is 3.41. The Labute approximate surface area is 90.1 Å². The maximum absolute atomic E-state index is 11.3. The highest BCUT2D eigenvalue weighted by molar-refractivity contribution is 8.02. The van der Waals surface area contributed by atoms with Gasteiger partial charge in [-0.2, -0.15) is 0 Å². The van der Waals surface area contributed by atoms with Crippen molar-refractivity contribution in [2.24, 2.45) is 0 Å². The van der Waals surface area contributed by atoms with Gasteiger partial charge in [0, 0.05) is 0 Å². The van der Waals surface area contributed by atoms with Crippen LogP contribution in [0, 0.1) is 0 Å². The van der Waals surface area contributed by atoms with Crippen molar-refractivity contribution in [3.8, 4) is 0 Å². The smallest absolute Gasteiger partial charge is 0.339 e. The molecule has 0 aliphatic heterocycles. The SMILES string of the molecule is COC(=O)c1cc(SC)sc1SC. The van der Waals surface area contributed by atoms with Gasteiger partial charge in [0.2, 0.25) is 0 Å². The van der Waals surface area contributed by atoms with Crippen molar-refractivity contribution in [1.29, 1.82) is 0 Å². The molecule has 0 fully saturated rings. The van der Waals surface area contributed by atoms with E-state index in [0.29, 0.717) is 5.56 Å². The highest BCUT2D eigenvalue weighted by atomic mass is 32.2. The van der Waals surface area contributed by atoms with Gasteiger partial charge in [-0.1, -0.05) is 0 Å². The van der Waals surface area contributed by atoms with Gasteiger partial charge in [0.15, 0.2) is 0 Å². The highest BCUT2D eigenvalue weighted by Crippen LogP contribution is 2.35. The average molecular weight is 234 g/mol. The second kappa shape index (κ2) is 4.93. The van der Waals surface area contributed by atoms with Crippen molar-refractivity contribution in [3.63, 3.8) is 0 Å². The summed E-state index contributed by atoms with van der Waals surface area (Å²) in [5.41, 5.74) is 0.685. The van der Waals surface area contributed by atoms with Crippen LogP contribution in [0.4, 0.5) is 0 Å². The summed E-state index contributed by atoms with van der Waals surface area (Å²) in [6.07, 6.45) is 3.96. The van der Waals surface area contributed by atoms with Gasteiger partial charge in [-0.25, -0.2) is 4.79 Å². The average Bonchev–Trinajstić information content (AvgIpc) is 2.59. The summed E-state index contributed by atoms with van der Waals surface area (Å²) in [6, 6.07) is 1.88. The van der Waals surface area contributed by atoms with E-state index in [2.05, 4.69) is 4.74 Å². The first-order valence-corrected chi connectivity index (χ1v) is 6.79. The molecule has 72 valence electrons. The number of hydrogen-bond donors (Lipinski definition) is 0. The number of thiophene rings is 1. The molecule has 0 bridgehead atoms. The molecule has 0 N–H and O–H groups in total. The maximum Gasteiger partial charge on any atom is 0.339 e. The zero-order valence-electron chi connectivity index (χ0n) is 7.62. The Morgan fingerprint density at radius 2 is 2.15 bits per heavy atom. The molecule has 0 saturated carbocycles. The van der Waals surface area contributed by atoms with Crippen LogP contribution in [0.3, 0.4) is 0 Å². The Hall–Kier alpha value is -0.130. The van der Waals surface area contributed by atoms with Crippen LogP contribution in [0.1, 0.15) is 10.4 Å². The van der Waals surface area contributed by atoms with E-state index >= 15 is 0 Å². The number of hydrogen-bond acceptors (Lipinski definition) is 5. The van der Waals surface area contributed by atoms with Crippen LogP contribution >= 0.6 is 34.9 Å². The monoisotopic (exact) mass is 234 g/mol. The molecule has 1 rings (SSSR count). The van der Waals surface area contributed by atoms with Crippen LogP contribution in [0.15, 0.2) is 14.5 Å². The second-order valence-corrected chi connectivity index (χ2v) is 5.40. The Kier molecular flexibility index (Phi) is 4.15. The van der Waals surface area contributed by atoms with Crippen molar-refractivity contribution in [2.45, 2.75) is 8.42 Å². The third kappa shape index (κ3) is 2.42. The quantitative estimate of drug-likeness (QED) is 0.593. The molecule has 0 aromatic carbocycles. The summed E-state index contributed by atoms with van der Waals surface area (Å²) in [4.78, 5) is 11.3. The molecule has 0 atom stereocenters. The molecule has 2 nitrogen and oxygen atoms in total. The number of esters is 1. The van der Waals surface area contributed by atoms with E-state index in [-0.39, 0.29) is 5.97 Å². The van der Waals surface area contributed by atoms with Crippen molar-refractivity contribution in [2.75, 3.05) is 19.6 Å². The van der Waals surface area contributed by atoms with E-state index in [1.165, 1.54) is 7.11 Å². The molecule has 5 heteroatoms. The zero-order valence-corrected chi connectivity index (χ0v) is 10.1. The van der Waals surface area contributed by atoms with Crippen LogP contribution in [0.25, 0.3) is 0 Å². The lowest BCUT2D eigenvalue weighted by molar-refractivity contribution is 0.0597. The Bertz CT molecular complexity index is 306. The van der Waals surface area contributed by atoms with Gasteiger partial charge in [0.05, 0.1) is 21.1 Å². The fraction of sp³-hybridized carbons (Fsp3) is 0.375. The standard InChI is InChI=1S/C8H10O2S3/c1-10-7(9)5-4-6(11-2)13-8(5)12-3/h4H,1-3H3. The molecule has 1 aromatic rings.